The fraction of sp³-hybridized carbons (Fsp3) is 0.375. The number of rotatable bonds is 3. The van der Waals surface area contributed by atoms with E-state index in [1.165, 1.54) is 6.08 Å². The molecule has 0 bridgehead atoms. The third-order valence-corrected chi connectivity index (χ3v) is 3.59. The summed E-state index contributed by atoms with van der Waals surface area (Å²) in [4.78, 5) is 16.8. The van der Waals surface area contributed by atoms with E-state index in [1.54, 1.807) is 12.1 Å². The first-order chi connectivity index (χ1) is 9.81. The second-order valence-electron chi connectivity index (χ2n) is 5.61. The number of fused-ring (bicyclic) bond motifs is 1. The van der Waals surface area contributed by atoms with Crippen LogP contribution in [0.25, 0.3) is 0 Å². The monoisotopic (exact) mass is 350 g/mol. The van der Waals surface area contributed by atoms with E-state index < -0.39 is 0 Å². The number of carbonyl (C=O) groups is 1. The molecule has 0 atom stereocenters. The SMILES string of the molecule is CC(C)N=C1C=CC(=O)c2c(NC(C)C)cc(Br)c(O)c21. The van der Waals surface area contributed by atoms with Crippen LogP contribution in [0.15, 0.2) is 27.7 Å². The molecule has 0 aliphatic heterocycles. The minimum atomic E-state index is -0.126. The fourth-order valence-electron chi connectivity index (χ4n) is 2.28. The number of phenolic OH excluding ortho intramolecular Hbond substituents is 1. The highest BCUT2D eigenvalue weighted by Gasteiger charge is 2.27. The van der Waals surface area contributed by atoms with Gasteiger partial charge >= 0.3 is 0 Å². The maximum Gasteiger partial charge on any atom is 0.188 e. The van der Waals surface area contributed by atoms with Crippen LogP contribution in [0.1, 0.15) is 43.6 Å². The fourth-order valence-corrected chi connectivity index (χ4v) is 2.70. The number of anilines is 1. The molecule has 4 nitrogen and oxygen atoms in total. The standard InChI is InChI=1S/C16H19BrN2O2/c1-8(2)18-11-5-6-13(20)14-12(19-9(3)4)7-10(17)16(21)15(11)14/h5-9,19,21H,1-4H3. The molecule has 1 aliphatic carbocycles. The van der Waals surface area contributed by atoms with Crippen molar-refractivity contribution in [1.29, 1.82) is 0 Å². The van der Waals surface area contributed by atoms with Crippen molar-refractivity contribution in [3.05, 3.63) is 33.8 Å². The Labute approximate surface area is 133 Å². The van der Waals surface area contributed by atoms with E-state index in [9.17, 15) is 9.90 Å². The molecule has 0 spiro atoms. The Morgan fingerprint density at radius 3 is 2.43 bits per heavy atom. The zero-order valence-corrected chi connectivity index (χ0v) is 14.2. The van der Waals surface area contributed by atoms with Crippen LogP contribution in [0.3, 0.4) is 0 Å². The van der Waals surface area contributed by atoms with Crippen LogP contribution in [-0.2, 0) is 0 Å². The molecule has 5 heteroatoms. The van der Waals surface area contributed by atoms with Gasteiger partial charge in [0.05, 0.1) is 21.3 Å². The number of carbonyl (C=O) groups excluding carboxylic acids is 1. The number of phenols is 1. The van der Waals surface area contributed by atoms with Crippen LogP contribution >= 0.6 is 15.9 Å². The van der Waals surface area contributed by atoms with Gasteiger partial charge in [0, 0.05) is 17.8 Å². The molecule has 2 rings (SSSR count). The number of benzene rings is 1. The van der Waals surface area contributed by atoms with Gasteiger partial charge in [-0.25, -0.2) is 0 Å². The first-order valence-electron chi connectivity index (χ1n) is 6.93. The lowest BCUT2D eigenvalue weighted by Gasteiger charge is -2.21. The van der Waals surface area contributed by atoms with E-state index in [0.717, 1.165) is 0 Å². The summed E-state index contributed by atoms with van der Waals surface area (Å²) in [7, 11) is 0. The molecule has 0 fully saturated rings. The number of allylic oxidation sites excluding steroid dienone is 2. The molecule has 0 radical (unpaired) electrons. The average molecular weight is 351 g/mol. The zero-order valence-electron chi connectivity index (χ0n) is 12.6. The molecular weight excluding hydrogens is 332 g/mol. The predicted molar refractivity (Wildman–Crippen MR) is 89.7 cm³/mol. The van der Waals surface area contributed by atoms with Crippen molar-refractivity contribution >= 4 is 33.1 Å². The van der Waals surface area contributed by atoms with Crippen LogP contribution < -0.4 is 5.32 Å². The number of aromatic hydroxyl groups is 1. The quantitative estimate of drug-likeness (QED) is 0.812. The summed E-state index contributed by atoms with van der Waals surface area (Å²) >= 11 is 3.35. The molecule has 0 amide bonds. The molecule has 1 aromatic carbocycles. The lowest BCUT2D eigenvalue weighted by molar-refractivity contribution is 0.104. The minimum Gasteiger partial charge on any atom is -0.506 e. The van der Waals surface area contributed by atoms with Gasteiger partial charge in [0.25, 0.3) is 0 Å². The maximum absolute atomic E-state index is 12.3. The Kier molecular flexibility index (Phi) is 4.52. The van der Waals surface area contributed by atoms with Crippen molar-refractivity contribution in [1.82, 2.24) is 0 Å². The topological polar surface area (TPSA) is 61.7 Å². The van der Waals surface area contributed by atoms with Crippen LogP contribution in [0.4, 0.5) is 5.69 Å². The van der Waals surface area contributed by atoms with E-state index in [4.69, 9.17) is 0 Å². The van der Waals surface area contributed by atoms with Gasteiger partial charge in [0.2, 0.25) is 0 Å². The zero-order chi connectivity index (χ0) is 15.7. The summed E-state index contributed by atoms with van der Waals surface area (Å²) in [5.74, 6) is -0.0740. The summed E-state index contributed by atoms with van der Waals surface area (Å²) in [6.07, 6.45) is 3.17. The average Bonchev–Trinajstić information content (AvgIpc) is 2.36. The lowest BCUT2D eigenvalue weighted by Crippen LogP contribution is -2.19. The number of halogens is 1. The Bertz CT molecular complexity index is 646. The van der Waals surface area contributed by atoms with Gasteiger partial charge in [-0.2, -0.15) is 0 Å². The predicted octanol–water partition coefficient (Wildman–Crippen LogP) is 3.93. The number of nitrogens with zero attached hydrogens (tertiary/aromatic N) is 1. The molecule has 0 aromatic heterocycles. The molecule has 21 heavy (non-hydrogen) atoms. The summed E-state index contributed by atoms with van der Waals surface area (Å²) < 4.78 is 0.545. The Balaban J connectivity index is 2.73. The van der Waals surface area contributed by atoms with Crippen molar-refractivity contribution in [3.63, 3.8) is 0 Å². The number of aliphatic imine (C=N–C) groups is 1. The summed E-state index contributed by atoms with van der Waals surface area (Å²) in [5.41, 5.74) is 2.31. The molecule has 0 unspecified atom stereocenters. The Morgan fingerprint density at radius 1 is 1.19 bits per heavy atom. The minimum absolute atomic E-state index is 0.0522. The summed E-state index contributed by atoms with van der Waals surface area (Å²) in [6, 6.07) is 1.98. The van der Waals surface area contributed by atoms with Gasteiger partial charge in [-0.3, -0.25) is 9.79 Å². The van der Waals surface area contributed by atoms with Gasteiger partial charge in [-0.15, -0.1) is 0 Å². The van der Waals surface area contributed by atoms with Crippen molar-refractivity contribution in [3.8, 4) is 5.75 Å². The van der Waals surface area contributed by atoms with Crippen molar-refractivity contribution in [2.75, 3.05) is 5.32 Å². The highest BCUT2D eigenvalue weighted by molar-refractivity contribution is 9.10. The third kappa shape index (κ3) is 3.18. The highest BCUT2D eigenvalue weighted by Crippen LogP contribution is 2.38. The van der Waals surface area contributed by atoms with Crippen molar-refractivity contribution in [2.24, 2.45) is 4.99 Å². The van der Waals surface area contributed by atoms with Crippen LogP contribution in [0.2, 0.25) is 0 Å². The molecular formula is C16H19BrN2O2. The number of ketones is 1. The molecule has 1 aromatic rings. The van der Waals surface area contributed by atoms with E-state index in [-0.39, 0.29) is 23.6 Å². The summed E-state index contributed by atoms with van der Waals surface area (Å²) in [5, 5.41) is 13.6. The van der Waals surface area contributed by atoms with Crippen LogP contribution in [0.5, 0.6) is 5.75 Å². The molecule has 0 saturated carbocycles. The van der Waals surface area contributed by atoms with Gasteiger partial charge < -0.3 is 10.4 Å². The van der Waals surface area contributed by atoms with Gasteiger partial charge in [-0.05, 0) is 61.8 Å². The largest absolute Gasteiger partial charge is 0.506 e. The molecule has 1 aliphatic rings. The molecule has 0 saturated heterocycles. The van der Waals surface area contributed by atoms with Crippen LogP contribution in [0, 0.1) is 0 Å². The Hall–Kier alpha value is -1.62. The van der Waals surface area contributed by atoms with Crippen LogP contribution in [-0.4, -0.2) is 28.7 Å². The normalized spacial score (nSPS) is 16.0. The maximum atomic E-state index is 12.3. The van der Waals surface area contributed by atoms with E-state index in [2.05, 4.69) is 26.2 Å². The second-order valence-corrected chi connectivity index (χ2v) is 6.46. The molecule has 112 valence electrons. The van der Waals surface area contributed by atoms with E-state index in [0.29, 0.717) is 27.0 Å². The summed E-state index contributed by atoms with van der Waals surface area (Å²) in [6.45, 7) is 7.91. The molecule has 2 N–H and O–H groups in total. The number of hydrogen-bond donors (Lipinski definition) is 2. The smallest absolute Gasteiger partial charge is 0.188 e. The number of nitrogens with one attached hydrogen (secondary N) is 1. The Morgan fingerprint density at radius 2 is 1.86 bits per heavy atom. The van der Waals surface area contributed by atoms with Crippen molar-refractivity contribution in [2.45, 2.75) is 39.8 Å². The van der Waals surface area contributed by atoms with E-state index in [1.807, 2.05) is 27.7 Å². The number of hydrogen-bond acceptors (Lipinski definition) is 4. The first kappa shape index (κ1) is 15.8. The third-order valence-electron chi connectivity index (χ3n) is 2.99. The second kappa shape index (κ2) is 6.02. The van der Waals surface area contributed by atoms with Gasteiger partial charge in [-0.1, -0.05) is 0 Å². The van der Waals surface area contributed by atoms with Gasteiger partial charge in [0.1, 0.15) is 5.75 Å². The lowest BCUT2D eigenvalue weighted by atomic mass is 9.91. The highest BCUT2D eigenvalue weighted by atomic mass is 79.9. The molecule has 0 heterocycles. The van der Waals surface area contributed by atoms with Gasteiger partial charge in [0.15, 0.2) is 5.78 Å². The van der Waals surface area contributed by atoms with E-state index >= 15 is 0 Å². The van der Waals surface area contributed by atoms with Crippen molar-refractivity contribution < 1.29 is 9.90 Å². The first-order valence-corrected chi connectivity index (χ1v) is 7.73.